The molecule has 2 aliphatic rings. The Labute approximate surface area is 186 Å². The topological polar surface area (TPSA) is 105 Å². The number of alkyl carbamates (subject to hydrolysis) is 1. The molecule has 8 heteroatoms. The Morgan fingerprint density at radius 3 is 2.25 bits per heavy atom. The van der Waals surface area contributed by atoms with Gasteiger partial charge in [-0.15, -0.1) is 0 Å². The number of carboxylic acids is 1. The maximum Gasteiger partial charge on any atom is 0.407 e. The van der Waals surface area contributed by atoms with Crippen molar-refractivity contribution in [1.82, 2.24) is 10.2 Å². The number of ether oxygens (including phenoxy) is 2. The summed E-state index contributed by atoms with van der Waals surface area (Å²) in [6, 6.07) is 16.2. The number of nitrogens with zero attached hydrogens (tertiary/aromatic N) is 1. The number of carbonyl (C=O) groups is 3. The number of amides is 2. The lowest BCUT2D eigenvalue weighted by Crippen LogP contribution is -2.63. The number of rotatable bonds is 8. The molecule has 0 radical (unpaired) electrons. The van der Waals surface area contributed by atoms with E-state index in [0.29, 0.717) is 13.1 Å². The van der Waals surface area contributed by atoms with Crippen LogP contribution in [-0.4, -0.2) is 66.4 Å². The maximum absolute atomic E-state index is 12.2. The van der Waals surface area contributed by atoms with Crippen molar-refractivity contribution in [3.05, 3.63) is 59.7 Å². The van der Waals surface area contributed by atoms with Gasteiger partial charge >= 0.3 is 12.1 Å². The number of carboxylic acid groups (broad SMARTS) is 1. The molecule has 0 unspecified atom stereocenters. The van der Waals surface area contributed by atoms with Crippen molar-refractivity contribution in [1.29, 1.82) is 0 Å². The monoisotopic (exact) mass is 438 g/mol. The van der Waals surface area contributed by atoms with Gasteiger partial charge in [-0.3, -0.25) is 4.79 Å². The molecule has 0 atom stereocenters. The van der Waals surface area contributed by atoms with E-state index in [1.807, 2.05) is 24.3 Å². The maximum atomic E-state index is 12.2. The lowest BCUT2D eigenvalue weighted by molar-refractivity contribution is -0.173. The molecule has 2 amide bonds. The van der Waals surface area contributed by atoms with Crippen molar-refractivity contribution >= 4 is 18.0 Å². The van der Waals surface area contributed by atoms with Gasteiger partial charge in [0.15, 0.2) is 0 Å². The molecule has 4 rings (SSSR count). The van der Waals surface area contributed by atoms with Crippen LogP contribution in [0.3, 0.4) is 0 Å². The van der Waals surface area contributed by atoms with Crippen LogP contribution in [0.15, 0.2) is 48.5 Å². The number of hydrogen-bond acceptors (Lipinski definition) is 5. The molecule has 1 heterocycles. The van der Waals surface area contributed by atoms with E-state index in [1.54, 1.807) is 11.8 Å². The SMILES string of the molecule is CC1(OCC(=O)O)CN(C(=O)CCNC(=O)OCC2c3ccccc3-c3ccccc32)C1. The normalized spacial score (nSPS) is 16.0. The van der Waals surface area contributed by atoms with Gasteiger partial charge < -0.3 is 24.8 Å². The third kappa shape index (κ3) is 4.60. The zero-order valence-corrected chi connectivity index (χ0v) is 17.9. The van der Waals surface area contributed by atoms with Crippen LogP contribution in [0.2, 0.25) is 0 Å². The first-order valence-corrected chi connectivity index (χ1v) is 10.6. The van der Waals surface area contributed by atoms with Crippen LogP contribution in [0.5, 0.6) is 0 Å². The van der Waals surface area contributed by atoms with Gasteiger partial charge in [-0.25, -0.2) is 9.59 Å². The highest BCUT2D eigenvalue weighted by molar-refractivity contribution is 5.80. The molecule has 32 heavy (non-hydrogen) atoms. The van der Waals surface area contributed by atoms with Crippen LogP contribution in [0.1, 0.15) is 30.4 Å². The number of hydrogen-bond donors (Lipinski definition) is 2. The fourth-order valence-corrected chi connectivity index (χ4v) is 4.34. The highest BCUT2D eigenvalue weighted by Crippen LogP contribution is 2.44. The molecule has 2 aromatic rings. The summed E-state index contributed by atoms with van der Waals surface area (Å²) in [7, 11) is 0. The molecule has 0 aromatic heterocycles. The molecule has 1 aliphatic carbocycles. The molecule has 1 saturated heterocycles. The predicted molar refractivity (Wildman–Crippen MR) is 116 cm³/mol. The van der Waals surface area contributed by atoms with Crippen molar-refractivity contribution in [2.75, 3.05) is 32.8 Å². The van der Waals surface area contributed by atoms with Crippen LogP contribution in [-0.2, 0) is 19.1 Å². The van der Waals surface area contributed by atoms with Gasteiger partial charge in [-0.2, -0.15) is 0 Å². The smallest absolute Gasteiger partial charge is 0.407 e. The minimum Gasteiger partial charge on any atom is -0.480 e. The molecular weight excluding hydrogens is 412 g/mol. The summed E-state index contributed by atoms with van der Waals surface area (Å²) in [6.07, 6.45) is -0.419. The summed E-state index contributed by atoms with van der Waals surface area (Å²) >= 11 is 0. The van der Waals surface area contributed by atoms with E-state index in [2.05, 4.69) is 29.6 Å². The van der Waals surface area contributed by atoms with E-state index >= 15 is 0 Å². The van der Waals surface area contributed by atoms with Crippen molar-refractivity contribution in [3.8, 4) is 11.1 Å². The van der Waals surface area contributed by atoms with E-state index in [4.69, 9.17) is 14.6 Å². The molecule has 2 N–H and O–H groups in total. The highest BCUT2D eigenvalue weighted by atomic mass is 16.5. The van der Waals surface area contributed by atoms with E-state index in [9.17, 15) is 14.4 Å². The zero-order valence-electron chi connectivity index (χ0n) is 17.9. The van der Waals surface area contributed by atoms with Crippen molar-refractivity contribution < 1.29 is 29.0 Å². The fourth-order valence-electron chi connectivity index (χ4n) is 4.34. The predicted octanol–water partition coefficient (Wildman–Crippen LogP) is 2.62. The molecule has 0 bridgehead atoms. The van der Waals surface area contributed by atoms with E-state index in [-0.39, 0.29) is 38.0 Å². The number of carbonyl (C=O) groups excluding carboxylic acids is 2. The van der Waals surface area contributed by atoms with Crippen LogP contribution in [0.25, 0.3) is 11.1 Å². The molecule has 8 nitrogen and oxygen atoms in total. The number of nitrogens with one attached hydrogen (secondary N) is 1. The Morgan fingerprint density at radius 2 is 1.66 bits per heavy atom. The lowest BCUT2D eigenvalue weighted by atomic mass is 9.96. The van der Waals surface area contributed by atoms with Gasteiger partial charge in [0.25, 0.3) is 0 Å². The summed E-state index contributed by atoms with van der Waals surface area (Å²) in [5.41, 5.74) is 3.98. The third-order valence-electron chi connectivity index (χ3n) is 5.90. The van der Waals surface area contributed by atoms with Gasteiger partial charge in [0.2, 0.25) is 5.91 Å². The standard InChI is InChI=1S/C24H26N2O6/c1-24(32-13-22(28)29)14-26(15-24)21(27)10-11-25-23(30)31-12-20-18-8-4-2-6-16(18)17-7-3-5-9-19(17)20/h2-9,20H,10-15H2,1H3,(H,25,30)(H,28,29). The van der Waals surface area contributed by atoms with Crippen LogP contribution in [0, 0.1) is 0 Å². The second kappa shape index (κ2) is 9.00. The minimum absolute atomic E-state index is 0.0145. The first kappa shape index (κ1) is 21.8. The molecule has 168 valence electrons. The highest BCUT2D eigenvalue weighted by Gasteiger charge is 2.42. The summed E-state index contributed by atoms with van der Waals surface area (Å²) in [6.45, 7) is 2.45. The van der Waals surface area contributed by atoms with Crippen molar-refractivity contribution in [3.63, 3.8) is 0 Å². The second-order valence-corrected chi connectivity index (χ2v) is 8.38. The average Bonchev–Trinajstić information content (AvgIpc) is 3.08. The Kier molecular flexibility index (Phi) is 6.14. The second-order valence-electron chi connectivity index (χ2n) is 8.38. The summed E-state index contributed by atoms with van der Waals surface area (Å²) < 4.78 is 10.8. The first-order chi connectivity index (χ1) is 15.4. The average molecular weight is 438 g/mol. The molecule has 0 saturated carbocycles. The Bertz CT molecular complexity index is 985. The Morgan fingerprint density at radius 1 is 1.06 bits per heavy atom. The van der Waals surface area contributed by atoms with Gasteiger partial charge in [-0.1, -0.05) is 48.5 Å². The van der Waals surface area contributed by atoms with Gasteiger partial charge in [0, 0.05) is 18.9 Å². The Hall–Kier alpha value is -3.39. The molecular formula is C24H26N2O6. The quantitative estimate of drug-likeness (QED) is 0.657. The molecule has 0 spiro atoms. The van der Waals surface area contributed by atoms with Crippen molar-refractivity contribution in [2.45, 2.75) is 24.9 Å². The number of aliphatic carboxylic acids is 1. The van der Waals surface area contributed by atoms with E-state index < -0.39 is 17.7 Å². The Balaban J connectivity index is 1.21. The minimum atomic E-state index is -1.04. The van der Waals surface area contributed by atoms with Gasteiger partial charge in [-0.05, 0) is 29.2 Å². The van der Waals surface area contributed by atoms with Crippen molar-refractivity contribution in [2.24, 2.45) is 0 Å². The van der Waals surface area contributed by atoms with Crippen LogP contribution >= 0.6 is 0 Å². The molecule has 1 aliphatic heterocycles. The molecule has 2 aromatic carbocycles. The largest absolute Gasteiger partial charge is 0.480 e. The van der Waals surface area contributed by atoms with Gasteiger partial charge in [0.1, 0.15) is 18.8 Å². The summed E-state index contributed by atoms with van der Waals surface area (Å²) in [5.74, 6) is -1.18. The van der Waals surface area contributed by atoms with E-state index in [1.165, 1.54) is 0 Å². The first-order valence-electron chi connectivity index (χ1n) is 10.6. The number of fused-ring (bicyclic) bond motifs is 3. The number of likely N-dealkylation sites (tertiary alicyclic amines) is 1. The molecule has 1 fully saturated rings. The third-order valence-corrected chi connectivity index (χ3v) is 5.90. The van der Waals surface area contributed by atoms with Crippen LogP contribution < -0.4 is 5.32 Å². The fraction of sp³-hybridized carbons (Fsp3) is 0.375. The van der Waals surface area contributed by atoms with Gasteiger partial charge in [0.05, 0.1) is 13.1 Å². The summed E-state index contributed by atoms with van der Waals surface area (Å²) in [4.78, 5) is 36.6. The van der Waals surface area contributed by atoms with E-state index in [0.717, 1.165) is 22.3 Å². The summed E-state index contributed by atoms with van der Waals surface area (Å²) in [5, 5.41) is 11.3. The van der Waals surface area contributed by atoms with Crippen LogP contribution in [0.4, 0.5) is 4.79 Å². The lowest BCUT2D eigenvalue weighted by Gasteiger charge is -2.47. The zero-order chi connectivity index (χ0) is 22.7. The number of benzene rings is 2.